The minimum Gasteiger partial charge on any atom is -0.488 e. The molecule has 2 aromatic rings. The predicted molar refractivity (Wildman–Crippen MR) is 71.4 cm³/mol. The maximum absolute atomic E-state index is 8.97. The summed E-state index contributed by atoms with van der Waals surface area (Å²) in [6.07, 6.45) is 0. The van der Waals surface area contributed by atoms with Crippen LogP contribution in [0, 0.1) is 29.6 Å². The number of rotatable bonds is 3. The molecule has 0 bridgehead atoms. The molecule has 19 heavy (non-hydrogen) atoms. The first-order valence-corrected chi connectivity index (χ1v) is 5.86. The van der Waals surface area contributed by atoms with E-state index < -0.39 is 0 Å². The van der Waals surface area contributed by atoms with Crippen LogP contribution in [0.1, 0.15) is 22.3 Å². The Morgan fingerprint density at radius 2 is 1.84 bits per heavy atom. The second kappa shape index (κ2) is 5.71. The van der Waals surface area contributed by atoms with Crippen molar-refractivity contribution in [1.29, 1.82) is 10.5 Å². The van der Waals surface area contributed by atoms with Crippen molar-refractivity contribution in [2.45, 2.75) is 13.5 Å². The summed E-state index contributed by atoms with van der Waals surface area (Å²) in [5.41, 5.74) is 3.17. The van der Waals surface area contributed by atoms with Crippen LogP contribution >= 0.6 is 0 Å². The summed E-state index contributed by atoms with van der Waals surface area (Å²) in [7, 11) is 0. The molecule has 0 atom stereocenters. The summed E-state index contributed by atoms with van der Waals surface area (Å²) in [5.74, 6) is 0.578. The highest BCUT2D eigenvalue weighted by atomic mass is 16.5. The van der Waals surface area contributed by atoms with E-state index in [1.54, 1.807) is 24.3 Å². The Morgan fingerprint density at radius 3 is 2.53 bits per heavy atom. The average molecular weight is 248 g/mol. The number of ether oxygens (including phenoxy) is 1. The number of para-hydroxylation sites is 1. The standard InChI is InChI=1S/C16H12N2O/c1-12-8-13(9-17)6-7-15(12)11-19-16-5-3-2-4-14(16)10-18/h2-8H,11H2,1H3. The van der Waals surface area contributed by atoms with Crippen molar-refractivity contribution in [3.8, 4) is 17.9 Å². The van der Waals surface area contributed by atoms with Crippen LogP contribution in [0.25, 0.3) is 0 Å². The predicted octanol–water partition coefficient (Wildman–Crippen LogP) is 3.32. The van der Waals surface area contributed by atoms with Gasteiger partial charge in [0.2, 0.25) is 0 Å². The largest absolute Gasteiger partial charge is 0.488 e. The van der Waals surface area contributed by atoms with Gasteiger partial charge >= 0.3 is 0 Å². The maximum atomic E-state index is 8.97. The molecule has 0 fully saturated rings. The van der Waals surface area contributed by atoms with Crippen LogP contribution in [-0.2, 0) is 6.61 Å². The van der Waals surface area contributed by atoms with Crippen LogP contribution in [0.2, 0.25) is 0 Å². The lowest BCUT2D eigenvalue weighted by atomic mass is 10.1. The maximum Gasteiger partial charge on any atom is 0.137 e. The monoisotopic (exact) mass is 248 g/mol. The molecule has 0 unspecified atom stereocenters. The Bertz CT molecular complexity index is 678. The molecule has 0 aliphatic rings. The van der Waals surface area contributed by atoms with Crippen LogP contribution in [0.3, 0.4) is 0 Å². The number of nitriles is 2. The van der Waals surface area contributed by atoms with Crippen molar-refractivity contribution >= 4 is 0 Å². The molecule has 0 radical (unpaired) electrons. The van der Waals surface area contributed by atoms with E-state index in [1.807, 2.05) is 25.1 Å². The van der Waals surface area contributed by atoms with Gasteiger partial charge in [0.15, 0.2) is 0 Å². The highest BCUT2D eigenvalue weighted by Gasteiger charge is 2.04. The van der Waals surface area contributed by atoms with Crippen LogP contribution in [0.4, 0.5) is 0 Å². The van der Waals surface area contributed by atoms with Gasteiger partial charge in [0.05, 0.1) is 17.2 Å². The first-order valence-electron chi connectivity index (χ1n) is 5.86. The van der Waals surface area contributed by atoms with Crippen molar-refractivity contribution < 1.29 is 4.74 Å². The number of benzene rings is 2. The minimum atomic E-state index is 0.385. The normalized spacial score (nSPS) is 9.42. The third kappa shape index (κ3) is 2.91. The van der Waals surface area contributed by atoms with Crippen molar-refractivity contribution in [3.05, 3.63) is 64.7 Å². The fourth-order valence-corrected chi connectivity index (χ4v) is 1.77. The van der Waals surface area contributed by atoms with E-state index in [0.717, 1.165) is 11.1 Å². The van der Waals surface area contributed by atoms with Crippen molar-refractivity contribution in [1.82, 2.24) is 0 Å². The van der Waals surface area contributed by atoms with Crippen molar-refractivity contribution in [2.75, 3.05) is 0 Å². The van der Waals surface area contributed by atoms with E-state index in [0.29, 0.717) is 23.5 Å². The zero-order chi connectivity index (χ0) is 13.7. The zero-order valence-electron chi connectivity index (χ0n) is 10.6. The molecule has 0 N–H and O–H groups in total. The molecule has 0 heterocycles. The third-order valence-electron chi connectivity index (χ3n) is 2.86. The molecule has 3 nitrogen and oxygen atoms in total. The lowest BCUT2D eigenvalue weighted by molar-refractivity contribution is 0.304. The minimum absolute atomic E-state index is 0.385. The van der Waals surface area contributed by atoms with E-state index in [4.69, 9.17) is 15.3 Å². The molecule has 3 heteroatoms. The average Bonchev–Trinajstić information content (AvgIpc) is 2.46. The number of nitrogens with zero attached hydrogens (tertiary/aromatic N) is 2. The SMILES string of the molecule is Cc1cc(C#N)ccc1COc1ccccc1C#N. The van der Waals surface area contributed by atoms with E-state index in [-0.39, 0.29) is 0 Å². The summed E-state index contributed by atoms with van der Waals surface area (Å²) < 4.78 is 5.66. The van der Waals surface area contributed by atoms with Gasteiger partial charge < -0.3 is 4.74 Å². The molecular weight excluding hydrogens is 236 g/mol. The lowest BCUT2D eigenvalue weighted by Gasteiger charge is -2.10. The first kappa shape index (κ1) is 12.7. The van der Waals surface area contributed by atoms with Gasteiger partial charge in [-0.25, -0.2) is 0 Å². The molecule has 92 valence electrons. The molecule has 0 saturated heterocycles. The van der Waals surface area contributed by atoms with Gasteiger partial charge in [-0.15, -0.1) is 0 Å². The van der Waals surface area contributed by atoms with Crippen LogP contribution in [0.5, 0.6) is 5.75 Å². The van der Waals surface area contributed by atoms with E-state index in [2.05, 4.69) is 12.1 Å². The zero-order valence-corrected chi connectivity index (χ0v) is 10.6. The summed E-state index contributed by atoms with van der Waals surface area (Å²) in [5, 5.41) is 17.8. The Hall–Kier alpha value is -2.78. The summed E-state index contributed by atoms with van der Waals surface area (Å²) in [6, 6.07) is 16.8. The lowest BCUT2D eigenvalue weighted by Crippen LogP contribution is -1.99. The first-order chi connectivity index (χ1) is 9.24. The highest BCUT2D eigenvalue weighted by Crippen LogP contribution is 2.19. The molecule has 0 aliphatic carbocycles. The van der Waals surface area contributed by atoms with E-state index >= 15 is 0 Å². The Morgan fingerprint density at radius 1 is 1.05 bits per heavy atom. The summed E-state index contributed by atoms with van der Waals surface area (Å²) in [4.78, 5) is 0. The van der Waals surface area contributed by atoms with E-state index in [1.165, 1.54) is 0 Å². The quantitative estimate of drug-likeness (QED) is 0.837. The van der Waals surface area contributed by atoms with E-state index in [9.17, 15) is 0 Å². The Balaban J connectivity index is 2.16. The fraction of sp³-hybridized carbons (Fsp3) is 0.125. The molecule has 0 aromatic heterocycles. The van der Waals surface area contributed by atoms with Gasteiger partial charge in [0, 0.05) is 0 Å². The van der Waals surface area contributed by atoms with Gasteiger partial charge in [-0.3, -0.25) is 0 Å². The summed E-state index contributed by atoms with van der Waals surface area (Å²) >= 11 is 0. The van der Waals surface area contributed by atoms with Gasteiger partial charge in [-0.05, 0) is 42.3 Å². The van der Waals surface area contributed by atoms with Crippen molar-refractivity contribution in [3.63, 3.8) is 0 Å². The Kier molecular flexibility index (Phi) is 3.81. The van der Waals surface area contributed by atoms with Gasteiger partial charge in [0.1, 0.15) is 18.4 Å². The van der Waals surface area contributed by atoms with Crippen LogP contribution in [0.15, 0.2) is 42.5 Å². The molecule has 0 spiro atoms. The van der Waals surface area contributed by atoms with Gasteiger partial charge in [-0.1, -0.05) is 18.2 Å². The number of hydrogen-bond acceptors (Lipinski definition) is 3. The molecular formula is C16H12N2O. The summed E-state index contributed by atoms with van der Waals surface area (Å²) in [6.45, 7) is 2.33. The van der Waals surface area contributed by atoms with Crippen LogP contribution in [-0.4, -0.2) is 0 Å². The molecule has 0 aliphatic heterocycles. The Labute approximate surface area is 112 Å². The number of hydrogen-bond donors (Lipinski definition) is 0. The topological polar surface area (TPSA) is 56.8 Å². The number of aryl methyl sites for hydroxylation is 1. The molecule has 2 rings (SSSR count). The molecule has 0 amide bonds. The van der Waals surface area contributed by atoms with Gasteiger partial charge in [-0.2, -0.15) is 10.5 Å². The smallest absolute Gasteiger partial charge is 0.137 e. The molecule has 0 saturated carbocycles. The second-order valence-corrected chi connectivity index (χ2v) is 4.15. The van der Waals surface area contributed by atoms with Gasteiger partial charge in [0.25, 0.3) is 0 Å². The van der Waals surface area contributed by atoms with Crippen LogP contribution < -0.4 is 4.74 Å². The molecule has 2 aromatic carbocycles. The van der Waals surface area contributed by atoms with Crippen molar-refractivity contribution in [2.24, 2.45) is 0 Å². The third-order valence-corrected chi connectivity index (χ3v) is 2.86. The second-order valence-electron chi connectivity index (χ2n) is 4.15. The fourth-order valence-electron chi connectivity index (χ4n) is 1.77. The highest BCUT2D eigenvalue weighted by molar-refractivity contribution is 5.43.